The number of carboxylic acids is 1. The zero-order valence-electron chi connectivity index (χ0n) is 12.1. The zero-order valence-corrected chi connectivity index (χ0v) is 13.7. The number of hydrogen-bond donors (Lipinski definition) is 2. The van der Waals surface area contributed by atoms with E-state index in [1.807, 2.05) is 30.0 Å². The first-order valence-corrected chi connectivity index (χ1v) is 7.61. The Kier molecular flexibility index (Phi) is 4.68. The molecule has 1 unspecified atom stereocenters. The molecule has 0 bridgehead atoms. The highest BCUT2D eigenvalue weighted by Gasteiger charge is 2.40. The van der Waals surface area contributed by atoms with Crippen LogP contribution < -0.4 is 5.32 Å². The third-order valence-electron chi connectivity index (χ3n) is 3.83. The van der Waals surface area contributed by atoms with Crippen LogP contribution in [0.1, 0.15) is 18.9 Å². The van der Waals surface area contributed by atoms with E-state index in [2.05, 4.69) is 21.2 Å². The van der Waals surface area contributed by atoms with E-state index in [9.17, 15) is 14.7 Å². The van der Waals surface area contributed by atoms with Gasteiger partial charge in [0.25, 0.3) is 0 Å². The third kappa shape index (κ3) is 3.83. The number of rotatable bonds is 4. The molecule has 0 aromatic heterocycles. The van der Waals surface area contributed by atoms with Gasteiger partial charge in [0, 0.05) is 11.0 Å². The van der Waals surface area contributed by atoms with E-state index >= 15 is 0 Å². The molecule has 1 heterocycles. The Labute approximate surface area is 132 Å². The van der Waals surface area contributed by atoms with Crippen molar-refractivity contribution in [3.05, 3.63) is 28.2 Å². The maximum Gasteiger partial charge on any atom is 0.310 e. The van der Waals surface area contributed by atoms with Crippen LogP contribution in [0.4, 0.5) is 5.69 Å². The molecule has 5 nitrogen and oxygen atoms in total. The van der Waals surface area contributed by atoms with Crippen molar-refractivity contribution in [3.8, 4) is 0 Å². The minimum absolute atomic E-state index is 0.130. The maximum atomic E-state index is 12.1. The van der Waals surface area contributed by atoms with Crippen LogP contribution in [0.3, 0.4) is 0 Å². The first-order valence-electron chi connectivity index (χ1n) is 6.82. The maximum absolute atomic E-state index is 12.1. The number of carboxylic acid groups (broad SMARTS) is 1. The Morgan fingerprint density at radius 1 is 1.48 bits per heavy atom. The summed E-state index contributed by atoms with van der Waals surface area (Å²) in [6.45, 7) is 4.95. The number of carbonyl (C=O) groups is 2. The smallest absolute Gasteiger partial charge is 0.310 e. The minimum Gasteiger partial charge on any atom is -0.481 e. The predicted octanol–water partition coefficient (Wildman–Crippen LogP) is 2.49. The van der Waals surface area contributed by atoms with Crippen LogP contribution in [-0.4, -0.2) is 41.5 Å². The fraction of sp³-hybridized carbons (Fsp3) is 0.467. The quantitative estimate of drug-likeness (QED) is 0.871. The summed E-state index contributed by atoms with van der Waals surface area (Å²) >= 11 is 3.42. The molecule has 2 N–H and O–H groups in total. The summed E-state index contributed by atoms with van der Waals surface area (Å²) in [6.07, 6.45) is 0.573. The number of nitrogens with zero attached hydrogens (tertiary/aromatic N) is 1. The van der Waals surface area contributed by atoms with Crippen molar-refractivity contribution < 1.29 is 14.7 Å². The van der Waals surface area contributed by atoms with Gasteiger partial charge in [0.05, 0.1) is 17.6 Å². The highest BCUT2D eigenvalue weighted by molar-refractivity contribution is 9.10. The lowest BCUT2D eigenvalue weighted by atomic mass is 9.90. The molecular weight excluding hydrogens is 336 g/mol. The molecule has 1 atom stereocenters. The van der Waals surface area contributed by atoms with Gasteiger partial charge in [0.2, 0.25) is 5.91 Å². The van der Waals surface area contributed by atoms with E-state index in [-0.39, 0.29) is 12.5 Å². The Morgan fingerprint density at radius 3 is 2.76 bits per heavy atom. The van der Waals surface area contributed by atoms with Gasteiger partial charge in [-0.3, -0.25) is 14.5 Å². The average molecular weight is 355 g/mol. The molecule has 0 spiro atoms. The molecule has 1 fully saturated rings. The number of benzene rings is 1. The van der Waals surface area contributed by atoms with Crippen molar-refractivity contribution in [2.24, 2.45) is 5.41 Å². The zero-order chi connectivity index (χ0) is 15.6. The molecule has 1 saturated heterocycles. The van der Waals surface area contributed by atoms with Crippen molar-refractivity contribution in [1.82, 2.24) is 4.90 Å². The standard InChI is InChI=1S/C15H19BrN2O3/c1-10-3-4-12(11(16)7-10)17-13(19)8-18-6-5-15(2,9-18)14(20)21/h3-4,7H,5-6,8-9H2,1-2H3,(H,17,19)(H,20,21). The molecule has 0 radical (unpaired) electrons. The summed E-state index contributed by atoms with van der Waals surface area (Å²) in [7, 11) is 0. The highest BCUT2D eigenvalue weighted by atomic mass is 79.9. The first kappa shape index (κ1) is 16.0. The Hall–Kier alpha value is -1.40. The summed E-state index contributed by atoms with van der Waals surface area (Å²) < 4.78 is 0.840. The lowest BCUT2D eigenvalue weighted by Crippen LogP contribution is -2.35. The second kappa shape index (κ2) is 6.15. The molecule has 1 aliphatic heterocycles. The second-order valence-electron chi connectivity index (χ2n) is 5.86. The summed E-state index contributed by atoms with van der Waals surface area (Å²) in [5.74, 6) is -0.930. The van der Waals surface area contributed by atoms with E-state index in [1.54, 1.807) is 6.92 Å². The van der Waals surface area contributed by atoms with Gasteiger partial charge in [-0.05, 0) is 60.4 Å². The summed E-state index contributed by atoms with van der Waals surface area (Å²) in [5.41, 5.74) is 1.09. The van der Waals surface area contributed by atoms with Crippen LogP contribution in [0.15, 0.2) is 22.7 Å². The van der Waals surface area contributed by atoms with Gasteiger partial charge in [-0.1, -0.05) is 6.07 Å². The van der Waals surface area contributed by atoms with Crippen molar-refractivity contribution in [3.63, 3.8) is 0 Å². The lowest BCUT2D eigenvalue weighted by Gasteiger charge is -2.19. The van der Waals surface area contributed by atoms with Crippen molar-refractivity contribution in [1.29, 1.82) is 0 Å². The molecule has 21 heavy (non-hydrogen) atoms. The SMILES string of the molecule is Cc1ccc(NC(=O)CN2CCC(C)(C(=O)O)C2)c(Br)c1. The van der Waals surface area contributed by atoms with E-state index < -0.39 is 11.4 Å². The Bertz CT molecular complexity index is 576. The summed E-state index contributed by atoms with van der Waals surface area (Å²) in [5, 5.41) is 12.0. The van der Waals surface area contributed by atoms with Gasteiger partial charge in [0.15, 0.2) is 0 Å². The van der Waals surface area contributed by atoms with E-state index in [4.69, 9.17) is 0 Å². The molecular formula is C15H19BrN2O3. The van der Waals surface area contributed by atoms with Crippen molar-refractivity contribution >= 4 is 33.5 Å². The summed E-state index contributed by atoms with van der Waals surface area (Å²) in [6, 6.07) is 5.72. The fourth-order valence-electron chi connectivity index (χ4n) is 2.48. The molecule has 2 rings (SSSR count). The lowest BCUT2D eigenvalue weighted by molar-refractivity contribution is -0.147. The fourth-order valence-corrected chi connectivity index (χ4v) is 3.07. The van der Waals surface area contributed by atoms with Crippen LogP contribution in [0.25, 0.3) is 0 Å². The number of likely N-dealkylation sites (tertiary alicyclic amines) is 1. The summed E-state index contributed by atoms with van der Waals surface area (Å²) in [4.78, 5) is 25.1. The Balaban J connectivity index is 1.93. The molecule has 114 valence electrons. The van der Waals surface area contributed by atoms with E-state index in [0.717, 1.165) is 15.7 Å². The predicted molar refractivity (Wildman–Crippen MR) is 84.3 cm³/mol. The minimum atomic E-state index is -0.799. The van der Waals surface area contributed by atoms with Crippen molar-refractivity contribution in [2.45, 2.75) is 20.3 Å². The number of hydrogen-bond acceptors (Lipinski definition) is 3. The van der Waals surface area contributed by atoms with Crippen LogP contribution >= 0.6 is 15.9 Å². The van der Waals surface area contributed by atoms with Crippen LogP contribution in [0, 0.1) is 12.3 Å². The molecule has 0 saturated carbocycles. The van der Waals surface area contributed by atoms with Crippen molar-refractivity contribution in [2.75, 3.05) is 25.0 Å². The van der Waals surface area contributed by atoms with Gasteiger partial charge in [-0.25, -0.2) is 0 Å². The molecule has 1 aromatic rings. The number of anilines is 1. The van der Waals surface area contributed by atoms with Crippen LogP contribution in [-0.2, 0) is 9.59 Å². The second-order valence-corrected chi connectivity index (χ2v) is 6.71. The van der Waals surface area contributed by atoms with Gasteiger partial charge < -0.3 is 10.4 Å². The molecule has 1 aromatic carbocycles. The van der Waals surface area contributed by atoms with Gasteiger partial charge >= 0.3 is 5.97 Å². The molecule has 1 amide bonds. The van der Waals surface area contributed by atoms with Gasteiger partial charge in [-0.2, -0.15) is 0 Å². The normalized spacial score (nSPS) is 22.2. The third-order valence-corrected chi connectivity index (χ3v) is 4.49. The van der Waals surface area contributed by atoms with Crippen LogP contribution in [0.2, 0.25) is 0 Å². The number of nitrogens with one attached hydrogen (secondary N) is 1. The Morgan fingerprint density at radius 2 is 2.19 bits per heavy atom. The number of aryl methyl sites for hydroxylation is 1. The first-order chi connectivity index (χ1) is 9.80. The number of aliphatic carboxylic acids is 1. The monoisotopic (exact) mass is 354 g/mol. The van der Waals surface area contributed by atoms with E-state index in [0.29, 0.717) is 19.5 Å². The molecule has 1 aliphatic rings. The topological polar surface area (TPSA) is 69.6 Å². The number of carbonyl (C=O) groups excluding carboxylic acids is 1. The van der Waals surface area contributed by atoms with Gasteiger partial charge in [-0.15, -0.1) is 0 Å². The van der Waals surface area contributed by atoms with E-state index in [1.165, 1.54) is 0 Å². The average Bonchev–Trinajstić information content (AvgIpc) is 2.76. The highest BCUT2D eigenvalue weighted by Crippen LogP contribution is 2.30. The van der Waals surface area contributed by atoms with Gasteiger partial charge in [0.1, 0.15) is 0 Å². The van der Waals surface area contributed by atoms with Crippen LogP contribution in [0.5, 0.6) is 0 Å². The largest absolute Gasteiger partial charge is 0.481 e. The molecule has 0 aliphatic carbocycles. The number of amides is 1. The molecule has 6 heteroatoms. The number of halogens is 1.